The van der Waals surface area contributed by atoms with Crippen molar-refractivity contribution in [2.75, 3.05) is 18.8 Å². The Morgan fingerprint density at radius 2 is 1.83 bits per heavy atom. The van der Waals surface area contributed by atoms with Crippen molar-refractivity contribution in [1.29, 1.82) is 0 Å². The molecule has 0 rings (SSSR count). The molecule has 0 saturated carbocycles. The lowest BCUT2D eigenvalue weighted by atomic mass is 10.2. The maximum atomic E-state index is 12.5. The summed E-state index contributed by atoms with van der Waals surface area (Å²) < 4.78 is 38.5. The molecule has 0 spiro atoms. The first kappa shape index (κ1) is 17.2. The Bertz CT molecular complexity index is 362. The second-order valence-electron chi connectivity index (χ2n) is 5.06. The van der Waals surface area contributed by atoms with Crippen molar-refractivity contribution in [2.45, 2.75) is 46.1 Å². The van der Waals surface area contributed by atoms with E-state index in [9.17, 15) is 17.1 Å². The third-order valence-electron chi connectivity index (χ3n) is 2.04. The molecule has 0 aromatic rings. The standard InChI is InChI=1S/C11H22FNO4S/c1-5-6-7-13(8-9-18(12,15)16)10(14)17-11(2,3)4/h5-9H2,1-4H3. The van der Waals surface area contributed by atoms with Crippen LogP contribution in [-0.4, -0.2) is 43.9 Å². The number of hydrogen-bond donors (Lipinski definition) is 0. The number of rotatable bonds is 6. The van der Waals surface area contributed by atoms with Crippen LogP contribution >= 0.6 is 0 Å². The molecule has 0 aromatic heterocycles. The second kappa shape index (κ2) is 6.92. The molecule has 0 saturated heterocycles. The summed E-state index contributed by atoms with van der Waals surface area (Å²) in [4.78, 5) is 13.0. The zero-order valence-electron chi connectivity index (χ0n) is 11.4. The third-order valence-corrected chi connectivity index (χ3v) is 2.71. The van der Waals surface area contributed by atoms with Crippen molar-refractivity contribution in [3.63, 3.8) is 0 Å². The maximum Gasteiger partial charge on any atom is 0.410 e. The van der Waals surface area contributed by atoms with E-state index in [2.05, 4.69) is 0 Å². The predicted octanol–water partition coefficient (Wildman–Crippen LogP) is 2.32. The van der Waals surface area contributed by atoms with Gasteiger partial charge < -0.3 is 9.64 Å². The van der Waals surface area contributed by atoms with Gasteiger partial charge in [0.2, 0.25) is 0 Å². The van der Waals surface area contributed by atoms with Gasteiger partial charge in [-0.1, -0.05) is 13.3 Å². The summed E-state index contributed by atoms with van der Waals surface area (Å²) in [5.74, 6) is -0.698. The summed E-state index contributed by atoms with van der Waals surface area (Å²) in [6, 6.07) is 0. The first-order valence-corrected chi connectivity index (χ1v) is 7.50. The fourth-order valence-corrected chi connectivity index (χ4v) is 1.63. The van der Waals surface area contributed by atoms with Crippen molar-refractivity contribution < 1.29 is 21.8 Å². The number of carbonyl (C=O) groups is 1. The second-order valence-corrected chi connectivity index (χ2v) is 6.55. The predicted molar refractivity (Wildman–Crippen MR) is 67.6 cm³/mol. The number of halogens is 1. The quantitative estimate of drug-likeness (QED) is 0.702. The minimum Gasteiger partial charge on any atom is -0.444 e. The number of hydrogen-bond acceptors (Lipinski definition) is 4. The molecular formula is C11H22FNO4S. The molecule has 0 atom stereocenters. The summed E-state index contributed by atoms with van der Waals surface area (Å²) in [5.41, 5.74) is -0.657. The summed E-state index contributed by atoms with van der Waals surface area (Å²) in [6.07, 6.45) is 0.951. The molecule has 0 aliphatic heterocycles. The van der Waals surface area contributed by atoms with Gasteiger partial charge in [0.15, 0.2) is 0 Å². The first-order chi connectivity index (χ1) is 8.05. The highest BCUT2D eigenvalue weighted by Gasteiger charge is 2.23. The van der Waals surface area contributed by atoms with Gasteiger partial charge in [0.1, 0.15) is 5.60 Å². The van der Waals surface area contributed by atoms with Crippen molar-refractivity contribution in [1.82, 2.24) is 4.90 Å². The third kappa shape index (κ3) is 9.21. The SMILES string of the molecule is CCCCN(CCS(=O)(=O)F)C(=O)OC(C)(C)C. The molecule has 0 aliphatic rings. The van der Waals surface area contributed by atoms with Gasteiger partial charge in [-0.2, -0.15) is 8.42 Å². The Morgan fingerprint density at radius 1 is 1.28 bits per heavy atom. The van der Waals surface area contributed by atoms with Crippen LogP contribution in [0.2, 0.25) is 0 Å². The number of ether oxygens (including phenoxy) is 1. The highest BCUT2D eigenvalue weighted by molar-refractivity contribution is 7.86. The van der Waals surface area contributed by atoms with Gasteiger partial charge in [-0.05, 0) is 27.2 Å². The average molecular weight is 283 g/mol. The molecule has 0 aliphatic carbocycles. The number of nitrogens with zero attached hydrogens (tertiary/aromatic N) is 1. The topological polar surface area (TPSA) is 63.7 Å². The summed E-state index contributed by atoms with van der Waals surface area (Å²) in [6.45, 7) is 7.27. The lowest BCUT2D eigenvalue weighted by Gasteiger charge is -2.27. The Morgan fingerprint density at radius 3 is 2.22 bits per heavy atom. The zero-order valence-corrected chi connectivity index (χ0v) is 12.2. The molecule has 7 heteroatoms. The van der Waals surface area contributed by atoms with Gasteiger partial charge in [0, 0.05) is 13.1 Å². The van der Waals surface area contributed by atoms with Crippen LogP contribution in [0, 0.1) is 0 Å². The molecule has 0 fully saturated rings. The maximum absolute atomic E-state index is 12.5. The summed E-state index contributed by atoms with van der Waals surface area (Å²) in [5, 5.41) is 0. The highest BCUT2D eigenvalue weighted by atomic mass is 32.3. The van der Waals surface area contributed by atoms with E-state index in [-0.39, 0.29) is 6.54 Å². The number of unbranched alkanes of at least 4 members (excludes halogenated alkanes) is 1. The van der Waals surface area contributed by atoms with Gasteiger partial charge in [0.25, 0.3) is 0 Å². The van der Waals surface area contributed by atoms with E-state index in [1.165, 1.54) is 4.90 Å². The number of carbonyl (C=O) groups excluding carboxylic acids is 1. The van der Waals surface area contributed by atoms with Gasteiger partial charge in [-0.25, -0.2) is 4.79 Å². The van der Waals surface area contributed by atoms with E-state index in [1.807, 2.05) is 6.92 Å². The van der Waals surface area contributed by atoms with Crippen LogP contribution in [0.4, 0.5) is 8.68 Å². The minimum atomic E-state index is -4.57. The van der Waals surface area contributed by atoms with Gasteiger partial charge in [-0.3, -0.25) is 0 Å². The molecule has 0 unspecified atom stereocenters. The molecule has 0 radical (unpaired) electrons. The van der Waals surface area contributed by atoms with E-state index in [0.717, 1.165) is 6.42 Å². The molecule has 0 aromatic carbocycles. The van der Waals surface area contributed by atoms with Crippen molar-refractivity contribution in [3.05, 3.63) is 0 Å². The largest absolute Gasteiger partial charge is 0.444 e. The van der Waals surface area contributed by atoms with Crippen molar-refractivity contribution >= 4 is 16.3 Å². The van der Waals surface area contributed by atoms with Crippen LogP contribution < -0.4 is 0 Å². The van der Waals surface area contributed by atoms with E-state index in [4.69, 9.17) is 4.74 Å². The van der Waals surface area contributed by atoms with Crippen molar-refractivity contribution in [3.8, 4) is 0 Å². The van der Waals surface area contributed by atoms with Crippen LogP contribution in [0.25, 0.3) is 0 Å². The fourth-order valence-electron chi connectivity index (χ4n) is 1.19. The summed E-state index contributed by atoms with van der Waals surface area (Å²) >= 11 is 0. The average Bonchev–Trinajstić information content (AvgIpc) is 2.13. The molecule has 0 N–H and O–H groups in total. The Labute approximate surface area is 109 Å². The van der Waals surface area contributed by atoms with E-state index in [1.54, 1.807) is 20.8 Å². The van der Waals surface area contributed by atoms with Crippen LogP contribution in [0.5, 0.6) is 0 Å². The molecule has 0 heterocycles. The van der Waals surface area contributed by atoms with Crippen LogP contribution in [0.1, 0.15) is 40.5 Å². The Hall–Kier alpha value is -0.850. The zero-order chi connectivity index (χ0) is 14.4. The fraction of sp³-hybridized carbons (Fsp3) is 0.909. The lowest BCUT2D eigenvalue weighted by molar-refractivity contribution is 0.0259. The summed E-state index contributed by atoms with van der Waals surface area (Å²) in [7, 11) is -4.57. The smallest absolute Gasteiger partial charge is 0.410 e. The minimum absolute atomic E-state index is 0.187. The van der Waals surface area contributed by atoms with Crippen LogP contribution in [0.15, 0.2) is 0 Å². The molecule has 18 heavy (non-hydrogen) atoms. The Balaban J connectivity index is 4.52. The molecule has 1 amide bonds. The van der Waals surface area contributed by atoms with Gasteiger partial charge in [-0.15, -0.1) is 3.89 Å². The molecule has 108 valence electrons. The van der Waals surface area contributed by atoms with Crippen LogP contribution in [-0.2, 0) is 15.0 Å². The van der Waals surface area contributed by atoms with E-state index in [0.29, 0.717) is 13.0 Å². The normalized spacial score (nSPS) is 12.3. The van der Waals surface area contributed by atoms with Gasteiger partial charge in [0.05, 0.1) is 5.75 Å². The van der Waals surface area contributed by atoms with Crippen LogP contribution in [0.3, 0.4) is 0 Å². The Kier molecular flexibility index (Phi) is 6.59. The lowest BCUT2D eigenvalue weighted by Crippen LogP contribution is -2.39. The monoisotopic (exact) mass is 283 g/mol. The van der Waals surface area contributed by atoms with Gasteiger partial charge >= 0.3 is 16.3 Å². The van der Waals surface area contributed by atoms with E-state index < -0.39 is 27.7 Å². The molecule has 0 bridgehead atoms. The molecule has 5 nitrogen and oxygen atoms in total. The van der Waals surface area contributed by atoms with Crippen molar-refractivity contribution in [2.24, 2.45) is 0 Å². The first-order valence-electron chi connectivity index (χ1n) is 5.95. The number of amides is 1. The van der Waals surface area contributed by atoms with E-state index >= 15 is 0 Å². The molecular weight excluding hydrogens is 261 g/mol. The highest BCUT2D eigenvalue weighted by Crippen LogP contribution is 2.11.